The topological polar surface area (TPSA) is 92.1 Å². The van der Waals surface area contributed by atoms with Crippen LogP contribution in [0.15, 0.2) is 43.2 Å². The van der Waals surface area contributed by atoms with Crippen molar-refractivity contribution in [1.29, 1.82) is 0 Å². The number of ether oxygens (including phenoxy) is 1. The smallest absolute Gasteiger partial charge is 0.333 e. The molecular weight excluding hydrogens is 406 g/mol. The maximum atomic E-state index is 12.4. The first kappa shape index (κ1) is 21.7. The van der Waals surface area contributed by atoms with E-state index in [2.05, 4.69) is 29.1 Å². The summed E-state index contributed by atoms with van der Waals surface area (Å²) in [5.74, 6) is -0.334. The molecule has 0 amide bonds. The van der Waals surface area contributed by atoms with Gasteiger partial charge >= 0.3 is 5.97 Å². The number of fused-ring (bicyclic) bond motifs is 1. The molecule has 4 aromatic rings. The van der Waals surface area contributed by atoms with E-state index in [-0.39, 0.29) is 5.97 Å². The van der Waals surface area contributed by atoms with E-state index >= 15 is 0 Å². The predicted octanol–water partition coefficient (Wildman–Crippen LogP) is 4.12. The molecule has 4 rings (SSSR count). The number of rotatable bonds is 8. The third kappa shape index (κ3) is 3.79. The van der Waals surface area contributed by atoms with Crippen LogP contribution in [0.2, 0.25) is 0 Å². The van der Waals surface area contributed by atoms with Crippen molar-refractivity contribution in [2.75, 3.05) is 6.61 Å². The lowest BCUT2D eigenvalue weighted by atomic mass is 10.1. The molecule has 0 atom stereocenters. The number of carbonyl (C=O) groups excluding carboxylic acids is 1. The van der Waals surface area contributed by atoms with Crippen LogP contribution in [0.3, 0.4) is 0 Å². The van der Waals surface area contributed by atoms with Crippen molar-refractivity contribution in [2.45, 2.75) is 59.0 Å². The number of esters is 1. The van der Waals surface area contributed by atoms with Crippen molar-refractivity contribution in [3.05, 3.63) is 43.2 Å². The van der Waals surface area contributed by atoms with Crippen molar-refractivity contribution in [1.82, 2.24) is 34.2 Å². The van der Waals surface area contributed by atoms with Gasteiger partial charge in [0.1, 0.15) is 0 Å². The molecule has 9 nitrogen and oxygen atoms in total. The molecule has 168 valence electrons. The molecule has 0 N–H and O–H groups in total. The average molecular weight is 436 g/mol. The zero-order valence-electron chi connectivity index (χ0n) is 19.2. The van der Waals surface area contributed by atoms with Gasteiger partial charge in [-0.2, -0.15) is 15.3 Å². The summed E-state index contributed by atoms with van der Waals surface area (Å²) in [6.45, 7) is 10.0. The predicted molar refractivity (Wildman–Crippen MR) is 121 cm³/mol. The van der Waals surface area contributed by atoms with Crippen LogP contribution in [0.25, 0.3) is 28.0 Å². The minimum atomic E-state index is -0.927. The Hall–Kier alpha value is -3.49. The first-order chi connectivity index (χ1) is 15.4. The Morgan fingerprint density at radius 2 is 1.78 bits per heavy atom. The fraction of sp³-hybridized carbons (Fsp3) is 0.435. The Morgan fingerprint density at radius 1 is 1.03 bits per heavy atom. The van der Waals surface area contributed by atoms with E-state index in [0.717, 1.165) is 35.2 Å². The van der Waals surface area contributed by atoms with Gasteiger partial charge in [-0.15, -0.1) is 0 Å². The molecule has 0 saturated carbocycles. The first-order valence-corrected chi connectivity index (χ1v) is 11.0. The largest absolute Gasteiger partial charge is 0.464 e. The van der Waals surface area contributed by atoms with Crippen LogP contribution in [-0.2, 0) is 15.1 Å². The summed E-state index contributed by atoms with van der Waals surface area (Å²) < 4.78 is 10.6. The summed E-state index contributed by atoms with van der Waals surface area (Å²) >= 11 is 0. The van der Waals surface area contributed by atoms with Gasteiger partial charge in [-0.05, 0) is 39.7 Å². The summed E-state index contributed by atoms with van der Waals surface area (Å²) in [5.41, 5.74) is 3.20. The van der Waals surface area contributed by atoms with Crippen LogP contribution in [0.4, 0.5) is 0 Å². The Kier molecular flexibility index (Phi) is 5.82. The van der Waals surface area contributed by atoms with E-state index in [4.69, 9.17) is 9.72 Å². The zero-order valence-corrected chi connectivity index (χ0v) is 19.2. The zero-order chi connectivity index (χ0) is 22.9. The lowest BCUT2D eigenvalue weighted by molar-refractivity contribution is -0.152. The minimum Gasteiger partial charge on any atom is -0.464 e. The van der Waals surface area contributed by atoms with Crippen LogP contribution in [-0.4, -0.2) is 46.7 Å². The summed E-state index contributed by atoms with van der Waals surface area (Å²) in [7, 11) is 0. The van der Waals surface area contributed by atoms with Crippen LogP contribution in [0.1, 0.15) is 53.5 Å². The van der Waals surface area contributed by atoms with E-state index in [9.17, 15) is 4.79 Å². The van der Waals surface area contributed by atoms with Gasteiger partial charge in [0.15, 0.2) is 5.54 Å². The highest BCUT2D eigenvalue weighted by Crippen LogP contribution is 2.29. The van der Waals surface area contributed by atoms with E-state index in [0.29, 0.717) is 18.3 Å². The number of nitrogens with zero attached hydrogens (tertiary/aromatic N) is 7. The maximum absolute atomic E-state index is 12.4. The van der Waals surface area contributed by atoms with E-state index in [1.54, 1.807) is 42.4 Å². The number of hydrogen-bond acceptors (Lipinski definition) is 6. The third-order valence-electron chi connectivity index (χ3n) is 5.81. The first-order valence-electron chi connectivity index (χ1n) is 11.0. The van der Waals surface area contributed by atoms with Crippen LogP contribution in [0.5, 0.6) is 0 Å². The molecule has 0 aliphatic heterocycles. The molecule has 0 fully saturated rings. The highest BCUT2D eigenvalue weighted by molar-refractivity contribution is 5.79. The summed E-state index contributed by atoms with van der Waals surface area (Å²) in [5, 5.41) is 13.4. The summed E-state index contributed by atoms with van der Waals surface area (Å²) in [6.07, 6.45) is 13.1. The Bertz CT molecular complexity index is 1230. The second kappa shape index (κ2) is 8.57. The second-order valence-electron chi connectivity index (χ2n) is 8.27. The molecule has 9 heteroatoms. The lowest BCUT2D eigenvalue weighted by Crippen LogP contribution is -2.37. The van der Waals surface area contributed by atoms with Gasteiger partial charge in [0.2, 0.25) is 0 Å². The van der Waals surface area contributed by atoms with Gasteiger partial charge in [-0.1, -0.05) is 13.8 Å². The van der Waals surface area contributed by atoms with Crippen LogP contribution < -0.4 is 0 Å². The highest BCUT2D eigenvalue weighted by Gasteiger charge is 2.32. The SMILES string of the molecule is CCOC(=O)C(C)(C)n1cc(-c2cn3nccc3c(-c3cnn(C(CC)CC)c3)n2)cn1. The molecule has 0 radical (unpaired) electrons. The van der Waals surface area contributed by atoms with Gasteiger partial charge in [0.05, 0.1) is 54.3 Å². The molecule has 0 saturated heterocycles. The molecule has 32 heavy (non-hydrogen) atoms. The Labute approximate surface area is 187 Å². The summed E-state index contributed by atoms with van der Waals surface area (Å²) in [6, 6.07) is 2.30. The Balaban J connectivity index is 1.75. The maximum Gasteiger partial charge on any atom is 0.333 e. The minimum absolute atomic E-state index is 0.321. The number of carbonyl (C=O) groups is 1. The molecule has 0 aliphatic carbocycles. The van der Waals surface area contributed by atoms with E-state index < -0.39 is 5.54 Å². The molecule has 4 heterocycles. The standard InChI is InChI=1S/C23H29N7O2/c1-6-18(7-2)28-13-17(12-25-28)21-20-9-10-24-29(20)15-19(27-21)16-11-26-30(14-16)23(4,5)22(31)32-8-3/h9-15,18H,6-8H2,1-5H3. The number of aromatic nitrogens is 7. The normalized spacial score (nSPS) is 12.1. The van der Waals surface area contributed by atoms with Gasteiger partial charge < -0.3 is 4.74 Å². The van der Waals surface area contributed by atoms with Crippen molar-refractivity contribution >= 4 is 11.5 Å². The van der Waals surface area contributed by atoms with Crippen LogP contribution >= 0.6 is 0 Å². The molecule has 0 unspecified atom stereocenters. The van der Waals surface area contributed by atoms with Crippen molar-refractivity contribution in [3.8, 4) is 22.5 Å². The van der Waals surface area contributed by atoms with Gasteiger partial charge in [0.25, 0.3) is 0 Å². The van der Waals surface area contributed by atoms with E-state index in [1.165, 1.54) is 0 Å². The van der Waals surface area contributed by atoms with Gasteiger partial charge in [-0.3, -0.25) is 9.36 Å². The molecule has 0 aliphatic rings. The number of hydrogen-bond donors (Lipinski definition) is 0. The second-order valence-corrected chi connectivity index (χ2v) is 8.27. The van der Waals surface area contributed by atoms with E-state index in [1.807, 2.05) is 35.5 Å². The molecule has 4 aromatic heterocycles. The lowest BCUT2D eigenvalue weighted by Gasteiger charge is -2.22. The molecular formula is C23H29N7O2. The highest BCUT2D eigenvalue weighted by atomic mass is 16.5. The molecule has 0 aromatic carbocycles. The van der Waals surface area contributed by atoms with Crippen LogP contribution in [0, 0.1) is 0 Å². The fourth-order valence-electron chi connectivity index (χ4n) is 3.76. The third-order valence-corrected chi connectivity index (χ3v) is 5.81. The molecule has 0 bridgehead atoms. The van der Waals surface area contributed by atoms with Crippen molar-refractivity contribution < 1.29 is 9.53 Å². The van der Waals surface area contributed by atoms with Gasteiger partial charge in [-0.25, -0.2) is 14.3 Å². The van der Waals surface area contributed by atoms with Crippen molar-refractivity contribution in [3.63, 3.8) is 0 Å². The quantitative estimate of drug-likeness (QED) is 0.387. The van der Waals surface area contributed by atoms with Gasteiger partial charge in [0, 0.05) is 23.5 Å². The fourth-order valence-corrected chi connectivity index (χ4v) is 3.76. The monoisotopic (exact) mass is 435 g/mol. The molecule has 0 spiro atoms. The summed E-state index contributed by atoms with van der Waals surface area (Å²) in [4.78, 5) is 17.3. The average Bonchev–Trinajstić information content (AvgIpc) is 3.54. The Morgan fingerprint density at radius 3 is 2.50 bits per heavy atom. The van der Waals surface area contributed by atoms with Crippen molar-refractivity contribution in [2.24, 2.45) is 0 Å².